The summed E-state index contributed by atoms with van der Waals surface area (Å²) >= 11 is 0. The smallest absolute Gasteiger partial charge is 0.315 e. The third kappa shape index (κ3) is 7.80. The molecule has 0 spiro atoms. The predicted molar refractivity (Wildman–Crippen MR) is 226 cm³/mol. The minimum Gasteiger partial charge on any atom is -0.432 e. The first kappa shape index (κ1) is 50.0. The van der Waals surface area contributed by atoms with Crippen molar-refractivity contribution in [3.8, 4) is 0 Å². The Hall–Kier alpha value is -1.43. The number of carbonyl (C=O) groups is 1. The van der Waals surface area contributed by atoms with Gasteiger partial charge in [-0.05, 0) is 104 Å². The van der Waals surface area contributed by atoms with Crippen molar-refractivity contribution in [2.24, 2.45) is 50.2 Å². The number of carbonyl (C=O) groups excluding carboxylic acids is 1. The second kappa shape index (κ2) is 17.8. The van der Waals surface area contributed by atoms with Crippen LogP contribution >= 0.6 is 0 Å². The molecule has 65 heavy (non-hydrogen) atoms. The van der Waals surface area contributed by atoms with Crippen molar-refractivity contribution in [2.45, 2.75) is 198 Å². The molecule has 0 radical (unpaired) electrons. The standard InChI is InChI=1S/C47H76O18/c1-42(2)13-15-47(41(59)65-40-35(57)33(55)31(53)26(19-49)62-40)16-14-45(5)22(23(47)17-42)7-8-28-43(3)11-10-29(44(4,21-50)27(43)9-12-46(28,45)6)63-38-36(58)37(24(51)20-60-38)64-39-34(56)32(54)30(52)25(18-48)61-39/h7,23-40,48-58H,8-21H2,1-6H3/t23-,24+,25+,26+,27+,28+,29-,30+,31+,32-,33-,34+,35+,36+,37-,38-,39-,40-,43-,44-,45+,46+,47-/m0/s1. The molecule has 7 fully saturated rings. The first-order valence-electron chi connectivity index (χ1n) is 23.9. The molecule has 0 aromatic heterocycles. The molecule has 5 aliphatic carbocycles. The van der Waals surface area contributed by atoms with Gasteiger partial charge >= 0.3 is 5.97 Å². The van der Waals surface area contributed by atoms with Gasteiger partial charge in [-0.25, -0.2) is 0 Å². The largest absolute Gasteiger partial charge is 0.432 e. The van der Waals surface area contributed by atoms with E-state index in [1.807, 2.05) is 6.92 Å². The molecule has 18 heteroatoms. The molecule has 0 amide bonds. The van der Waals surface area contributed by atoms with Gasteiger partial charge in [-0.1, -0.05) is 53.2 Å². The minimum atomic E-state index is -1.75. The van der Waals surface area contributed by atoms with E-state index in [2.05, 4.69) is 40.7 Å². The SMILES string of the molecule is CC1(C)CC[C@]2(C(=O)O[C@@H]3O[C@H](CO)[C@@H](O)[C@H](O)[C@H]3O)CC[C@]3(C)C(=CC[C@@H]4[C@@]5(C)CC[C@H](O[C@@H]6OC[C@@H](O)[C@H](O[C@@H]7O[C@H](CO)[C@@H](O)[C@H](O)[C@H]7O)[C@H]6O)[C@@](C)(CO)[C@@H]5CC[C@]43C)[C@@H]2C1. The monoisotopic (exact) mass is 929 g/mol. The fourth-order valence-electron chi connectivity index (χ4n) is 14.8. The van der Waals surface area contributed by atoms with Crippen molar-refractivity contribution in [3.63, 3.8) is 0 Å². The van der Waals surface area contributed by atoms with Crippen LogP contribution in [0.4, 0.5) is 0 Å². The highest BCUT2D eigenvalue weighted by atomic mass is 16.7. The third-order valence-corrected chi connectivity index (χ3v) is 19.1. The van der Waals surface area contributed by atoms with Crippen LogP contribution < -0.4 is 0 Å². The molecule has 0 bridgehead atoms. The van der Waals surface area contributed by atoms with Crippen LogP contribution in [-0.4, -0.2) is 181 Å². The van der Waals surface area contributed by atoms with Gasteiger partial charge in [-0.15, -0.1) is 0 Å². The highest BCUT2D eigenvalue weighted by molar-refractivity contribution is 5.79. The normalized spacial score (nSPS) is 54.3. The number of hydrogen-bond acceptors (Lipinski definition) is 18. The lowest BCUT2D eigenvalue weighted by Gasteiger charge is -2.71. The highest BCUT2D eigenvalue weighted by Crippen LogP contribution is 2.76. The fraction of sp³-hybridized carbons (Fsp3) is 0.936. The molecular formula is C47H76O18. The molecule has 0 aromatic rings. The van der Waals surface area contributed by atoms with Gasteiger partial charge in [-0.3, -0.25) is 4.79 Å². The van der Waals surface area contributed by atoms with Crippen molar-refractivity contribution in [1.29, 1.82) is 0 Å². The molecule has 3 aliphatic heterocycles. The van der Waals surface area contributed by atoms with Crippen LogP contribution in [0.1, 0.15) is 106 Å². The number of fused-ring (bicyclic) bond motifs is 7. The number of allylic oxidation sites excluding steroid dienone is 2. The molecule has 23 atom stereocenters. The van der Waals surface area contributed by atoms with Crippen LogP contribution in [0.2, 0.25) is 0 Å². The Morgan fingerprint density at radius 3 is 1.92 bits per heavy atom. The number of hydrogen-bond donors (Lipinski definition) is 11. The summed E-state index contributed by atoms with van der Waals surface area (Å²) in [7, 11) is 0. The summed E-state index contributed by atoms with van der Waals surface area (Å²) in [4.78, 5) is 14.7. The third-order valence-electron chi connectivity index (χ3n) is 19.1. The van der Waals surface area contributed by atoms with Gasteiger partial charge in [0.15, 0.2) is 12.6 Å². The van der Waals surface area contributed by atoms with Crippen molar-refractivity contribution < 1.29 is 89.4 Å². The topological polar surface area (TPSA) is 295 Å². The number of aliphatic hydroxyl groups is 11. The zero-order valence-corrected chi connectivity index (χ0v) is 38.6. The average Bonchev–Trinajstić information content (AvgIpc) is 3.26. The fourth-order valence-corrected chi connectivity index (χ4v) is 14.8. The van der Waals surface area contributed by atoms with E-state index >= 15 is 0 Å². The van der Waals surface area contributed by atoms with Gasteiger partial charge < -0.3 is 84.6 Å². The summed E-state index contributed by atoms with van der Waals surface area (Å²) in [5, 5.41) is 116. The van der Waals surface area contributed by atoms with Crippen LogP contribution in [0.25, 0.3) is 0 Å². The molecule has 18 nitrogen and oxygen atoms in total. The van der Waals surface area contributed by atoms with Crippen molar-refractivity contribution >= 4 is 5.97 Å². The summed E-state index contributed by atoms with van der Waals surface area (Å²) in [6.07, 6.45) is -12.5. The van der Waals surface area contributed by atoms with E-state index in [1.54, 1.807) is 0 Å². The maximum atomic E-state index is 14.7. The van der Waals surface area contributed by atoms with Crippen LogP contribution in [0, 0.1) is 50.2 Å². The number of esters is 1. The number of rotatable bonds is 9. The first-order valence-corrected chi connectivity index (χ1v) is 23.9. The highest BCUT2D eigenvalue weighted by Gasteiger charge is 2.70. The Balaban J connectivity index is 1.02. The molecule has 8 aliphatic rings. The average molecular weight is 929 g/mol. The van der Waals surface area contributed by atoms with Gasteiger partial charge in [0, 0.05) is 5.41 Å². The zero-order valence-electron chi connectivity index (χ0n) is 38.6. The molecule has 0 aromatic carbocycles. The summed E-state index contributed by atoms with van der Waals surface area (Å²) in [5.41, 5.74) is -1.25. The van der Waals surface area contributed by atoms with Crippen LogP contribution in [0.3, 0.4) is 0 Å². The molecule has 4 saturated carbocycles. The molecular weight excluding hydrogens is 852 g/mol. The zero-order chi connectivity index (χ0) is 47.4. The molecule has 8 rings (SSSR count). The molecule has 11 N–H and O–H groups in total. The maximum absolute atomic E-state index is 14.7. The van der Waals surface area contributed by atoms with Crippen LogP contribution in [-0.2, 0) is 33.2 Å². The van der Waals surface area contributed by atoms with Gasteiger partial charge in [-0.2, -0.15) is 0 Å². The van der Waals surface area contributed by atoms with Crippen LogP contribution in [0.5, 0.6) is 0 Å². The number of aliphatic hydroxyl groups excluding tert-OH is 11. The summed E-state index contributed by atoms with van der Waals surface area (Å²) in [6, 6.07) is 0. The van der Waals surface area contributed by atoms with E-state index in [0.29, 0.717) is 25.7 Å². The van der Waals surface area contributed by atoms with Gasteiger partial charge in [0.1, 0.15) is 67.1 Å². The minimum absolute atomic E-state index is 0.00679. The molecule has 3 heterocycles. The lowest BCUT2D eigenvalue weighted by atomic mass is 9.33. The van der Waals surface area contributed by atoms with E-state index in [9.17, 15) is 61.0 Å². The van der Waals surface area contributed by atoms with Crippen molar-refractivity contribution in [1.82, 2.24) is 0 Å². The maximum Gasteiger partial charge on any atom is 0.315 e. The Kier molecular flexibility index (Phi) is 13.7. The van der Waals surface area contributed by atoms with Crippen molar-refractivity contribution in [3.05, 3.63) is 11.6 Å². The summed E-state index contributed by atoms with van der Waals surface area (Å²) < 4.78 is 35.4. The van der Waals surface area contributed by atoms with E-state index in [1.165, 1.54) is 5.57 Å². The van der Waals surface area contributed by atoms with Gasteiger partial charge in [0.2, 0.25) is 6.29 Å². The Bertz CT molecular complexity index is 1760. The lowest BCUT2D eigenvalue weighted by Crippen LogP contribution is -2.67. The quantitative estimate of drug-likeness (QED) is 0.0808. The molecule has 3 saturated heterocycles. The Morgan fingerprint density at radius 2 is 1.29 bits per heavy atom. The molecule has 0 unspecified atom stereocenters. The van der Waals surface area contributed by atoms with Gasteiger partial charge in [0.25, 0.3) is 0 Å². The Labute approximate surface area is 380 Å². The van der Waals surface area contributed by atoms with E-state index < -0.39 is 122 Å². The Morgan fingerprint density at radius 1 is 0.677 bits per heavy atom. The van der Waals surface area contributed by atoms with Crippen molar-refractivity contribution in [2.75, 3.05) is 26.4 Å². The van der Waals surface area contributed by atoms with E-state index in [0.717, 1.165) is 38.5 Å². The summed E-state index contributed by atoms with van der Waals surface area (Å²) in [5.74, 6) is -0.472. The van der Waals surface area contributed by atoms with Gasteiger partial charge in [0.05, 0.1) is 37.9 Å². The number of ether oxygens (including phenoxy) is 6. The molecule has 372 valence electrons. The first-order chi connectivity index (χ1) is 30.5. The lowest BCUT2D eigenvalue weighted by molar-refractivity contribution is -0.358. The van der Waals surface area contributed by atoms with Crippen LogP contribution in [0.15, 0.2) is 11.6 Å². The predicted octanol–water partition coefficient (Wildman–Crippen LogP) is -0.248. The second-order valence-corrected chi connectivity index (χ2v) is 22.9. The van der Waals surface area contributed by atoms with E-state index in [4.69, 9.17) is 28.4 Å². The summed E-state index contributed by atoms with van der Waals surface area (Å²) in [6.45, 7) is 11.8. The second-order valence-electron chi connectivity index (χ2n) is 22.9. The van der Waals surface area contributed by atoms with E-state index in [-0.39, 0.29) is 52.6 Å².